The van der Waals surface area contributed by atoms with Crippen LogP contribution in [0.15, 0.2) is 48.5 Å². The number of hydrogen-bond acceptors (Lipinski definition) is 4. The molecule has 2 aromatic carbocycles. The number of carbonyl (C=O) groups is 1. The lowest BCUT2D eigenvalue weighted by Gasteiger charge is -2.13. The summed E-state index contributed by atoms with van der Waals surface area (Å²) in [6.45, 7) is 2.40. The average molecular weight is 345 g/mol. The number of hydrogen-bond donors (Lipinski definition) is 1. The second-order valence-corrected chi connectivity index (χ2v) is 6.68. The van der Waals surface area contributed by atoms with Gasteiger partial charge >= 0.3 is 0 Å². The third-order valence-electron chi connectivity index (χ3n) is 3.63. The van der Waals surface area contributed by atoms with Crippen molar-refractivity contribution in [3.8, 4) is 11.5 Å². The second kappa shape index (κ2) is 9.23. The van der Waals surface area contributed by atoms with Crippen LogP contribution in [0.5, 0.6) is 11.5 Å². The second-order valence-electron chi connectivity index (χ2n) is 5.35. The summed E-state index contributed by atoms with van der Waals surface area (Å²) in [5.74, 6) is 2.20. The number of benzene rings is 2. The van der Waals surface area contributed by atoms with Crippen LogP contribution in [0.3, 0.4) is 0 Å². The first kappa shape index (κ1) is 18.2. The van der Waals surface area contributed by atoms with Gasteiger partial charge in [-0.15, -0.1) is 11.8 Å². The normalized spacial score (nSPS) is 11.6. The molecule has 0 aromatic heterocycles. The zero-order valence-electron chi connectivity index (χ0n) is 14.2. The monoisotopic (exact) mass is 345 g/mol. The van der Waals surface area contributed by atoms with Gasteiger partial charge in [-0.1, -0.05) is 36.4 Å². The lowest BCUT2D eigenvalue weighted by Crippen LogP contribution is -2.30. The Morgan fingerprint density at radius 3 is 2.42 bits per heavy atom. The summed E-state index contributed by atoms with van der Waals surface area (Å²) in [6.07, 6.45) is 0. The molecular formula is C19H23NO3S. The van der Waals surface area contributed by atoms with Crippen LogP contribution < -0.4 is 14.8 Å². The summed E-state index contributed by atoms with van der Waals surface area (Å²) in [7, 11) is 3.20. The first-order chi connectivity index (χ1) is 11.6. The zero-order chi connectivity index (χ0) is 17.4. The maximum Gasteiger partial charge on any atom is 0.233 e. The number of methoxy groups -OCH3 is 2. The Hall–Kier alpha value is -2.14. The molecule has 0 radical (unpaired) electrons. The van der Waals surface area contributed by atoms with E-state index in [1.54, 1.807) is 26.0 Å². The van der Waals surface area contributed by atoms with Crippen molar-refractivity contribution in [1.29, 1.82) is 0 Å². The van der Waals surface area contributed by atoms with E-state index in [2.05, 4.69) is 17.4 Å². The van der Waals surface area contributed by atoms with E-state index in [0.29, 0.717) is 18.0 Å². The molecule has 0 unspecified atom stereocenters. The summed E-state index contributed by atoms with van der Waals surface area (Å²) in [5, 5.41) is 2.86. The molecule has 5 heteroatoms. The fourth-order valence-corrected chi connectivity index (χ4v) is 3.06. The van der Waals surface area contributed by atoms with Crippen LogP contribution in [0.4, 0.5) is 0 Å². The maximum atomic E-state index is 12.2. The molecule has 24 heavy (non-hydrogen) atoms. The molecule has 0 fully saturated rings. The van der Waals surface area contributed by atoms with Gasteiger partial charge < -0.3 is 14.8 Å². The van der Waals surface area contributed by atoms with Crippen LogP contribution in [0, 0.1) is 0 Å². The van der Waals surface area contributed by atoms with E-state index in [1.165, 1.54) is 5.56 Å². The van der Waals surface area contributed by atoms with Crippen molar-refractivity contribution < 1.29 is 14.3 Å². The van der Waals surface area contributed by atoms with Crippen molar-refractivity contribution in [3.63, 3.8) is 0 Å². The number of nitrogens with one attached hydrogen (secondary N) is 1. The molecule has 0 heterocycles. The van der Waals surface area contributed by atoms with Gasteiger partial charge in [-0.05, 0) is 30.2 Å². The van der Waals surface area contributed by atoms with Crippen LogP contribution >= 0.6 is 11.8 Å². The molecule has 0 saturated heterocycles. The Bertz CT molecular complexity index is 661. The van der Waals surface area contributed by atoms with Crippen LogP contribution in [0.25, 0.3) is 0 Å². The lowest BCUT2D eigenvalue weighted by molar-refractivity contribution is -0.120. The van der Waals surface area contributed by atoms with Gasteiger partial charge in [0.15, 0.2) is 11.5 Å². The van der Waals surface area contributed by atoms with E-state index in [4.69, 9.17) is 9.47 Å². The molecule has 1 atom stereocenters. The molecular weight excluding hydrogens is 322 g/mol. The van der Waals surface area contributed by atoms with E-state index < -0.39 is 0 Å². The minimum atomic E-state index is -0.106. The molecule has 1 N–H and O–H groups in total. The van der Waals surface area contributed by atoms with Crippen molar-refractivity contribution in [2.75, 3.05) is 14.2 Å². The summed E-state index contributed by atoms with van der Waals surface area (Å²) >= 11 is 1.63. The summed E-state index contributed by atoms with van der Waals surface area (Å²) < 4.78 is 10.5. The Balaban J connectivity index is 1.83. The number of amides is 1. The molecule has 4 nitrogen and oxygen atoms in total. The Labute approximate surface area is 147 Å². The molecule has 0 aliphatic heterocycles. The average Bonchev–Trinajstić information content (AvgIpc) is 2.64. The van der Waals surface area contributed by atoms with Gasteiger partial charge in [-0.25, -0.2) is 0 Å². The highest BCUT2D eigenvalue weighted by Crippen LogP contribution is 2.27. The van der Waals surface area contributed by atoms with Gasteiger partial charge in [0.2, 0.25) is 5.91 Å². The molecule has 0 spiro atoms. The molecule has 2 aromatic rings. The third kappa shape index (κ3) is 5.20. The van der Waals surface area contributed by atoms with E-state index in [-0.39, 0.29) is 11.2 Å². The fourth-order valence-electron chi connectivity index (χ4n) is 2.19. The van der Waals surface area contributed by atoms with E-state index >= 15 is 0 Å². The summed E-state index contributed by atoms with van der Waals surface area (Å²) in [6, 6.07) is 15.8. The molecule has 0 bridgehead atoms. The van der Waals surface area contributed by atoms with Crippen molar-refractivity contribution in [3.05, 3.63) is 59.7 Å². The number of carbonyl (C=O) groups excluding carboxylic acids is 1. The zero-order valence-corrected chi connectivity index (χ0v) is 15.1. The van der Waals surface area contributed by atoms with E-state index in [1.807, 2.05) is 43.3 Å². The lowest BCUT2D eigenvalue weighted by atomic mass is 10.2. The highest BCUT2D eigenvalue weighted by Gasteiger charge is 2.13. The minimum Gasteiger partial charge on any atom is -0.493 e. The Kier molecular flexibility index (Phi) is 7.00. The summed E-state index contributed by atoms with van der Waals surface area (Å²) in [4.78, 5) is 12.2. The first-order valence-electron chi connectivity index (χ1n) is 7.78. The highest BCUT2D eigenvalue weighted by molar-refractivity contribution is 7.99. The quantitative estimate of drug-likeness (QED) is 0.793. The van der Waals surface area contributed by atoms with Crippen molar-refractivity contribution in [1.82, 2.24) is 5.32 Å². The van der Waals surface area contributed by atoms with Crippen molar-refractivity contribution in [2.45, 2.75) is 24.5 Å². The van der Waals surface area contributed by atoms with Gasteiger partial charge in [0, 0.05) is 12.3 Å². The predicted molar refractivity (Wildman–Crippen MR) is 98.6 cm³/mol. The fraction of sp³-hybridized carbons (Fsp3) is 0.316. The van der Waals surface area contributed by atoms with Crippen molar-refractivity contribution in [2.24, 2.45) is 0 Å². The topological polar surface area (TPSA) is 47.6 Å². The Morgan fingerprint density at radius 1 is 1.04 bits per heavy atom. The largest absolute Gasteiger partial charge is 0.493 e. The van der Waals surface area contributed by atoms with Gasteiger partial charge in [-0.3, -0.25) is 4.79 Å². The molecule has 128 valence electrons. The maximum absolute atomic E-state index is 12.2. The van der Waals surface area contributed by atoms with Crippen LogP contribution in [0.1, 0.15) is 18.1 Å². The van der Waals surface area contributed by atoms with Crippen molar-refractivity contribution >= 4 is 17.7 Å². The van der Waals surface area contributed by atoms with Gasteiger partial charge in [-0.2, -0.15) is 0 Å². The van der Waals surface area contributed by atoms with Crippen LogP contribution in [-0.4, -0.2) is 25.4 Å². The van der Waals surface area contributed by atoms with Crippen LogP contribution in [-0.2, 0) is 17.1 Å². The highest BCUT2D eigenvalue weighted by atomic mass is 32.2. The smallest absolute Gasteiger partial charge is 0.233 e. The summed E-state index contributed by atoms with van der Waals surface area (Å²) in [5.41, 5.74) is 2.20. The number of thioether (sulfide) groups is 1. The first-order valence-corrected chi connectivity index (χ1v) is 8.83. The SMILES string of the molecule is COc1ccc(CNC(=O)[C@@H](C)SCc2ccccc2)cc1OC. The molecule has 0 aliphatic rings. The minimum absolute atomic E-state index is 0.0331. The number of ether oxygens (including phenoxy) is 2. The number of rotatable bonds is 8. The van der Waals surface area contributed by atoms with E-state index in [0.717, 1.165) is 11.3 Å². The van der Waals surface area contributed by atoms with Gasteiger partial charge in [0.25, 0.3) is 0 Å². The molecule has 0 saturated carbocycles. The molecule has 0 aliphatic carbocycles. The third-order valence-corrected chi connectivity index (χ3v) is 4.84. The van der Waals surface area contributed by atoms with Gasteiger partial charge in [0.1, 0.15) is 0 Å². The van der Waals surface area contributed by atoms with E-state index in [9.17, 15) is 4.79 Å². The molecule has 2 rings (SSSR count). The van der Waals surface area contributed by atoms with Gasteiger partial charge in [0.05, 0.1) is 19.5 Å². The standard InChI is InChI=1S/C19H23NO3S/c1-14(24-13-15-7-5-4-6-8-15)19(21)20-12-16-9-10-17(22-2)18(11-16)23-3/h4-11,14H,12-13H2,1-3H3,(H,20,21)/t14-/m1/s1. The Morgan fingerprint density at radius 2 is 1.75 bits per heavy atom. The van der Waals surface area contributed by atoms with Crippen LogP contribution in [0.2, 0.25) is 0 Å². The predicted octanol–water partition coefficient (Wildman–Crippen LogP) is 3.64. The molecule has 1 amide bonds.